The van der Waals surface area contributed by atoms with Gasteiger partial charge in [-0.05, 0) is 30.4 Å². The predicted molar refractivity (Wildman–Crippen MR) is 85.4 cm³/mol. The topological polar surface area (TPSA) is 89.2 Å². The molecule has 3 N–H and O–H groups in total. The Kier molecular flexibility index (Phi) is 3.84. The van der Waals surface area contributed by atoms with E-state index in [1.165, 1.54) is 4.68 Å². The van der Waals surface area contributed by atoms with E-state index in [1.807, 2.05) is 12.1 Å². The maximum Gasteiger partial charge on any atom is 0.214 e. The molecule has 0 amide bonds. The van der Waals surface area contributed by atoms with Gasteiger partial charge in [-0.25, -0.2) is 4.68 Å². The summed E-state index contributed by atoms with van der Waals surface area (Å²) in [5, 5.41) is 6.77. The van der Waals surface area contributed by atoms with Gasteiger partial charge in [-0.15, -0.1) is 0 Å². The zero-order valence-corrected chi connectivity index (χ0v) is 13.0. The average molecular weight is 319 g/mol. The second kappa shape index (κ2) is 5.80. The van der Waals surface area contributed by atoms with Gasteiger partial charge in [-0.3, -0.25) is 9.89 Å². The number of nitrogens with two attached hydrogens (primary N) is 1. The highest BCUT2D eigenvalue weighted by Gasteiger charge is 2.23. The molecule has 1 aromatic heterocycles. The van der Waals surface area contributed by atoms with E-state index in [4.69, 9.17) is 22.8 Å². The largest absolute Gasteiger partial charge is 0.497 e. The van der Waals surface area contributed by atoms with Crippen LogP contribution in [0.15, 0.2) is 18.2 Å². The molecule has 2 heterocycles. The van der Waals surface area contributed by atoms with E-state index in [2.05, 4.69) is 15.1 Å². The van der Waals surface area contributed by atoms with Crippen molar-refractivity contribution < 1.29 is 9.53 Å². The number of rotatable bonds is 4. The fourth-order valence-corrected chi connectivity index (χ4v) is 2.76. The van der Waals surface area contributed by atoms with Crippen LogP contribution in [0.5, 0.6) is 5.75 Å². The molecule has 22 heavy (non-hydrogen) atoms. The number of nitrogen functional groups attached to an aromatic ring is 1. The molecule has 1 aliphatic heterocycles. The lowest BCUT2D eigenvalue weighted by atomic mass is 10.00. The maximum atomic E-state index is 12.1. The van der Waals surface area contributed by atoms with E-state index < -0.39 is 0 Å². The lowest BCUT2D eigenvalue weighted by Gasteiger charge is -2.30. The number of carbonyl (C=O) groups is 1. The second-order valence-corrected chi connectivity index (χ2v) is 5.49. The number of hydrogen-bond acceptors (Lipinski definition) is 6. The number of carbonyl (C=O) groups excluding carboxylic acids is 1. The standard InChI is InChI=1S/C14H17N5O2S/c1-21-9-2-3-11-10(8-9)12(20)4-6-18(11)7-5-13-16-17-14(22)19(13)15/h2-3,8H,4-7,15H2,1H3,(H,17,22). The number of anilines is 1. The lowest BCUT2D eigenvalue weighted by Crippen LogP contribution is -2.34. The van der Waals surface area contributed by atoms with Crippen LogP contribution in [0, 0.1) is 4.77 Å². The van der Waals surface area contributed by atoms with Gasteiger partial charge in [0.05, 0.1) is 7.11 Å². The lowest BCUT2D eigenvalue weighted by molar-refractivity contribution is 0.0979. The highest BCUT2D eigenvalue weighted by Crippen LogP contribution is 2.30. The van der Waals surface area contributed by atoms with Crippen molar-refractivity contribution in [3.63, 3.8) is 0 Å². The molecule has 0 saturated heterocycles. The third-order valence-electron chi connectivity index (χ3n) is 3.84. The Morgan fingerprint density at radius 1 is 1.50 bits per heavy atom. The number of aromatic amines is 1. The van der Waals surface area contributed by atoms with Crippen molar-refractivity contribution in [1.82, 2.24) is 14.9 Å². The van der Waals surface area contributed by atoms with Crippen LogP contribution in [0.25, 0.3) is 0 Å². The van der Waals surface area contributed by atoms with Gasteiger partial charge in [0.2, 0.25) is 4.77 Å². The Hall–Kier alpha value is -2.35. The molecule has 3 rings (SSSR count). The summed E-state index contributed by atoms with van der Waals surface area (Å²) in [6.07, 6.45) is 1.14. The van der Waals surface area contributed by atoms with E-state index in [9.17, 15) is 4.79 Å². The molecule has 0 spiro atoms. The van der Waals surface area contributed by atoms with Crippen molar-refractivity contribution in [2.75, 3.05) is 30.9 Å². The number of fused-ring (bicyclic) bond motifs is 1. The summed E-state index contributed by atoms with van der Waals surface area (Å²) in [5.41, 5.74) is 1.63. The fourth-order valence-electron chi connectivity index (χ4n) is 2.61. The number of ether oxygens (including phenoxy) is 1. The van der Waals surface area contributed by atoms with Gasteiger partial charge in [0, 0.05) is 37.2 Å². The van der Waals surface area contributed by atoms with Gasteiger partial charge in [-0.2, -0.15) is 5.10 Å². The first-order valence-electron chi connectivity index (χ1n) is 6.97. The summed E-state index contributed by atoms with van der Waals surface area (Å²) in [5.74, 6) is 7.33. The summed E-state index contributed by atoms with van der Waals surface area (Å²) in [7, 11) is 1.59. The van der Waals surface area contributed by atoms with Crippen LogP contribution in [0.1, 0.15) is 22.6 Å². The molecular weight excluding hydrogens is 302 g/mol. The number of aromatic nitrogens is 3. The average Bonchev–Trinajstić information content (AvgIpc) is 2.86. The molecule has 7 nitrogen and oxygen atoms in total. The summed E-state index contributed by atoms with van der Waals surface area (Å²) in [6.45, 7) is 1.40. The van der Waals surface area contributed by atoms with Crippen LogP contribution in [-0.4, -0.2) is 40.9 Å². The third kappa shape index (κ3) is 2.57. The fraction of sp³-hybridized carbons (Fsp3) is 0.357. The number of nitrogens with zero attached hydrogens (tertiary/aromatic N) is 3. The Bertz CT molecular complexity index is 767. The highest BCUT2D eigenvalue weighted by molar-refractivity contribution is 7.71. The number of H-pyrrole nitrogens is 1. The number of ketones is 1. The minimum atomic E-state index is 0.145. The first kappa shape index (κ1) is 14.6. The third-order valence-corrected chi connectivity index (χ3v) is 4.12. The van der Waals surface area contributed by atoms with Crippen molar-refractivity contribution in [3.8, 4) is 5.75 Å². The van der Waals surface area contributed by atoms with Gasteiger partial charge in [0.1, 0.15) is 5.75 Å². The molecule has 1 aromatic carbocycles. The first-order chi connectivity index (χ1) is 10.6. The van der Waals surface area contributed by atoms with Crippen molar-refractivity contribution >= 4 is 23.7 Å². The molecule has 0 fully saturated rings. The molecule has 0 unspecified atom stereocenters. The molecule has 0 radical (unpaired) electrons. The molecule has 116 valence electrons. The van der Waals surface area contributed by atoms with Crippen LogP contribution >= 0.6 is 12.2 Å². The van der Waals surface area contributed by atoms with Gasteiger partial charge in [0.25, 0.3) is 0 Å². The van der Waals surface area contributed by atoms with Gasteiger partial charge < -0.3 is 15.5 Å². The van der Waals surface area contributed by atoms with Gasteiger partial charge in [-0.1, -0.05) is 0 Å². The van der Waals surface area contributed by atoms with E-state index in [1.54, 1.807) is 13.2 Å². The number of nitrogens with one attached hydrogen (secondary N) is 1. The molecule has 0 bridgehead atoms. The van der Waals surface area contributed by atoms with Gasteiger partial charge in [0.15, 0.2) is 11.6 Å². The molecule has 8 heteroatoms. The Morgan fingerprint density at radius 3 is 3.00 bits per heavy atom. The highest BCUT2D eigenvalue weighted by atomic mass is 32.1. The monoisotopic (exact) mass is 319 g/mol. The zero-order chi connectivity index (χ0) is 15.7. The Labute approximate surface area is 132 Å². The molecule has 0 saturated carbocycles. The Morgan fingerprint density at radius 2 is 2.32 bits per heavy atom. The van der Waals surface area contributed by atoms with Crippen molar-refractivity contribution in [1.29, 1.82) is 0 Å². The van der Waals surface area contributed by atoms with Crippen LogP contribution in [0.3, 0.4) is 0 Å². The van der Waals surface area contributed by atoms with Crippen molar-refractivity contribution in [2.24, 2.45) is 0 Å². The summed E-state index contributed by atoms with van der Waals surface area (Å²) >= 11 is 5.00. The minimum absolute atomic E-state index is 0.145. The molecule has 1 aliphatic rings. The van der Waals surface area contributed by atoms with Crippen molar-refractivity contribution in [2.45, 2.75) is 12.8 Å². The van der Waals surface area contributed by atoms with E-state index in [0.29, 0.717) is 47.8 Å². The van der Waals surface area contributed by atoms with Crippen molar-refractivity contribution in [3.05, 3.63) is 34.4 Å². The van der Waals surface area contributed by atoms with Crippen LogP contribution in [0.4, 0.5) is 5.69 Å². The number of hydrogen-bond donors (Lipinski definition) is 2. The normalized spacial score (nSPS) is 14.0. The van der Waals surface area contributed by atoms with E-state index in [-0.39, 0.29) is 5.78 Å². The number of benzene rings is 1. The molecule has 0 aliphatic carbocycles. The van der Waals surface area contributed by atoms with Crippen LogP contribution < -0.4 is 15.5 Å². The summed E-state index contributed by atoms with van der Waals surface area (Å²) in [4.78, 5) is 14.3. The van der Waals surface area contributed by atoms with Gasteiger partial charge >= 0.3 is 0 Å². The zero-order valence-electron chi connectivity index (χ0n) is 12.2. The second-order valence-electron chi connectivity index (χ2n) is 5.11. The SMILES string of the molecule is COc1ccc2c(c1)C(=O)CCN2CCc1n[nH]c(=S)n1N. The minimum Gasteiger partial charge on any atom is -0.497 e. The molecular formula is C14H17N5O2S. The molecule has 0 atom stereocenters. The smallest absolute Gasteiger partial charge is 0.214 e. The van der Waals surface area contributed by atoms with Crippen LogP contribution in [-0.2, 0) is 6.42 Å². The van der Waals surface area contributed by atoms with Crippen LogP contribution in [0.2, 0.25) is 0 Å². The van der Waals surface area contributed by atoms with E-state index in [0.717, 1.165) is 5.69 Å². The number of Topliss-reactive ketones (excluding diaryl/α,β-unsaturated/α-hetero) is 1. The Balaban J connectivity index is 1.81. The first-order valence-corrected chi connectivity index (χ1v) is 7.38. The summed E-state index contributed by atoms with van der Waals surface area (Å²) < 4.78 is 6.97. The molecule has 2 aromatic rings. The predicted octanol–water partition coefficient (Wildman–Crippen LogP) is 1.30. The van der Waals surface area contributed by atoms with E-state index >= 15 is 0 Å². The number of methoxy groups -OCH3 is 1. The maximum absolute atomic E-state index is 12.1. The quantitative estimate of drug-likeness (QED) is 0.652. The summed E-state index contributed by atoms with van der Waals surface area (Å²) in [6, 6.07) is 5.58.